The van der Waals surface area contributed by atoms with Gasteiger partial charge in [-0.05, 0) is 19.9 Å². The van der Waals surface area contributed by atoms with Crippen molar-refractivity contribution in [1.29, 1.82) is 0 Å². The van der Waals surface area contributed by atoms with Gasteiger partial charge in [-0.1, -0.05) is 25.7 Å². The standard InChI is InChI=1S/C13H25N3O/c1-14-8-11-9-16(10-13(17)15-11)12-6-4-2-3-5-7-12/h11-12,14H,2-10H2,1H3,(H,15,17). The summed E-state index contributed by atoms with van der Waals surface area (Å²) in [5.41, 5.74) is 0. The molecule has 0 spiro atoms. The summed E-state index contributed by atoms with van der Waals surface area (Å²) in [5.74, 6) is 0.195. The van der Waals surface area contributed by atoms with Crippen LogP contribution in [-0.4, -0.2) is 49.6 Å². The van der Waals surface area contributed by atoms with Crippen molar-refractivity contribution in [3.63, 3.8) is 0 Å². The normalized spacial score (nSPS) is 28.8. The molecule has 0 radical (unpaired) electrons. The highest BCUT2D eigenvalue weighted by Gasteiger charge is 2.29. The van der Waals surface area contributed by atoms with Gasteiger partial charge in [0.2, 0.25) is 5.91 Å². The molecule has 98 valence electrons. The first-order valence-corrected chi connectivity index (χ1v) is 6.97. The van der Waals surface area contributed by atoms with Crippen molar-refractivity contribution in [2.45, 2.75) is 50.6 Å². The van der Waals surface area contributed by atoms with E-state index in [-0.39, 0.29) is 11.9 Å². The zero-order valence-corrected chi connectivity index (χ0v) is 10.9. The third-order valence-corrected chi connectivity index (χ3v) is 3.96. The molecule has 1 heterocycles. The zero-order chi connectivity index (χ0) is 12.1. The first kappa shape index (κ1) is 12.8. The van der Waals surface area contributed by atoms with Crippen LogP contribution in [0.3, 0.4) is 0 Å². The minimum atomic E-state index is 0.195. The number of carbonyl (C=O) groups excluding carboxylic acids is 1. The Labute approximate surface area is 104 Å². The molecule has 0 aromatic carbocycles. The number of likely N-dealkylation sites (N-methyl/N-ethyl adjacent to an activating group) is 1. The Morgan fingerprint density at radius 3 is 2.65 bits per heavy atom. The first-order chi connectivity index (χ1) is 8.29. The minimum absolute atomic E-state index is 0.195. The van der Waals surface area contributed by atoms with E-state index in [2.05, 4.69) is 15.5 Å². The number of carbonyl (C=O) groups is 1. The van der Waals surface area contributed by atoms with Crippen LogP contribution in [0.2, 0.25) is 0 Å². The van der Waals surface area contributed by atoms with E-state index in [0.29, 0.717) is 12.6 Å². The number of hydrogen-bond donors (Lipinski definition) is 2. The van der Waals surface area contributed by atoms with Gasteiger partial charge in [0, 0.05) is 19.1 Å². The fourth-order valence-electron chi connectivity index (χ4n) is 3.11. The lowest BCUT2D eigenvalue weighted by Gasteiger charge is -2.38. The molecule has 1 saturated heterocycles. The van der Waals surface area contributed by atoms with Crippen molar-refractivity contribution in [2.75, 3.05) is 26.7 Å². The monoisotopic (exact) mass is 239 g/mol. The molecule has 4 heteroatoms. The average molecular weight is 239 g/mol. The van der Waals surface area contributed by atoms with Gasteiger partial charge in [-0.25, -0.2) is 0 Å². The maximum Gasteiger partial charge on any atom is 0.234 e. The van der Waals surface area contributed by atoms with E-state index in [9.17, 15) is 4.79 Å². The molecule has 2 aliphatic rings. The van der Waals surface area contributed by atoms with Crippen LogP contribution in [0, 0.1) is 0 Å². The highest BCUT2D eigenvalue weighted by Crippen LogP contribution is 2.22. The molecule has 4 nitrogen and oxygen atoms in total. The van der Waals surface area contributed by atoms with E-state index in [1.807, 2.05) is 7.05 Å². The molecule has 0 aromatic heterocycles. The topological polar surface area (TPSA) is 44.4 Å². The Morgan fingerprint density at radius 2 is 2.00 bits per heavy atom. The van der Waals surface area contributed by atoms with Gasteiger partial charge in [0.25, 0.3) is 0 Å². The summed E-state index contributed by atoms with van der Waals surface area (Å²) >= 11 is 0. The second-order valence-corrected chi connectivity index (χ2v) is 5.40. The summed E-state index contributed by atoms with van der Waals surface area (Å²) in [4.78, 5) is 14.1. The predicted octanol–water partition coefficient (Wildman–Crippen LogP) is 0.729. The molecule has 1 aliphatic carbocycles. The van der Waals surface area contributed by atoms with E-state index in [1.54, 1.807) is 0 Å². The Bertz CT molecular complexity index is 249. The highest BCUT2D eigenvalue weighted by molar-refractivity contribution is 5.79. The van der Waals surface area contributed by atoms with Gasteiger partial charge in [-0.3, -0.25) is 9.69 Å². The SMILES string of the molecule is CNCC1CN(C2CCCCCC2)CC(=O)N1. The quantitative estimate of drug-likeness (QED) is 0.714. The van der Waals surface area contributed by atoms with Crippen LogP contribution >= 0.6 is 0 Å². The van der Waals surface area contributed by atoms with Crippen LogP contribution in [0.15, 0.2) is 0 Å². The fraction of sp³-hybridized carbons (Fsp3) is 0.923. The number of piperazine rings is 1. The molecule has 1 aliphatic heterocycles. The lowest BCUT2D eigenvalue weighted by atomic mass is 10.0. The van der Waals surface area contributed by atoms with Crippen molar-refractivity contribution >= 4 is 5.91 Å². The molecule has 2 N–H and O–H groups in total. The zero-order valence-electron chi connectivity index (χ0n) is 10.9. The van der Waals surface area contributed by atoms with Gasteiger partial charge in [0.05, 0.1) is 12.6 Å². The number of nitrogens with one attached hydrogen (secondary N) is 2. The fourth-order valence-corrected chi connectivity index (χ4v) is 3.11. The summed E-state index contributed by atoms with van der Waals surface area (Å²) in [7, 11) is 1.94. The van der Waals surface area contributed by atoms with Crippen LogP contribution in [0.1, 0.15) is 38.5 Å². The van der Waals surface area contributed by atoms with Crippen molar-refractivity contribution in [3.8, 4) is 0 Å². The van der Waals surface area contributed by atoms with Crippen LogP contribution < -0.4 is 10.6 Å². The molecule has 2 rings (SSSR count). The Morgan fingerprint density at radius 1 is 1.29 bits per heavy atom. The summed E-state index contributed by atoms with van der Waals surface area (Å²) < 4.78 is 0. The number of rotatable bonds is 3. The maximum absolute atomic E-state index is 11.7. The Balaban J connectivity index is 1.91. The summed E-state index contributed by atoms with van der Waals surface area (Å²) in [6.07, 6.45) is 7.96. The number of nitrogens with zero attached hydrogens (tertiary/aromatic N) is 1. The van der Waals surface area contributed by atoms with Crippen molar-refractivity contribution in [1.82, 2.24) is 15.5 Å². The van der Waals surface area contributed by atoms with Gasteiger partial charge in [0.1, 0.15) is 0 Å². The van der Waals surface area contributed by atoms with E-state index < -0.39 is 0 Å². The lowest BCUT2D eigenvalue weighted by Crippen LogP contribution is -2.59. The smallest absolute Gasteiger partial charge is 0.234 e. The van der Waals surface area contributed by atoms with E-state index in [1.165, 1.54) is 38.5 Å². The molecular formula is C13H25N3O. The van der Waals surface area contributed by atoms with Gasteiger partial charge in [-0.2, -0.15) is 0 Å². The van der Waals surface area contributed by atoms with E-state index in [4.69, 9.17) is 0 Å². The second-order valence-electron chi connectivity index (χ2n) is 5.40. The molecule has 2 fully saturated rings. The Hall–Kier alpha value is -0.610. The van der Waals surface area contributed by atoms with E-state index >= 15 is 0 Å². The molecule has 0 bridgehead atoms. The molecule has 1 atom stereocenters. The summed E-state index contributed by atoms with van der Waals surface area (Å²) in [6, 6.07) is 0.924. The lowest BCUT2D eigenvalue weighted by molar-refractivity contribution is -0.126. The van der Waals surface area contributed by atoms with Gasteiger partial charge < -0.3 is 10.6 Å². The van der Waals surface area contributed by atoms with Crippen LogP contribution in [0.5, 0.6) is 0 Å². The van der Waals surface area contributed by atoms with Crippen molar-refractivity contribution in [2.24, 2.45) is 0 Å². The number of hydrogen-bond acceptors (Lipinski definition) is 3. The largest absolute Gasteiger partial charge is 0.350 e. The molecule has 0 aromatic rings. The van der Waals surface area contributed by atoms with E-state index in [0.717, 1.165) is 13.1 Å². The predicted molar refractivity (Wildman–Crippen MR) is 68.9 cm³/mol. The number of amides is 1. The highest BCUT2D eigenvalue weighted by atomic mass is 16.2. The minimum Gasteiger partial charge on any atom is -0.350 e. The average Bonchev–Trinajstić information content (AvgIpc) is 2.57. The molecule has 1 saturated carbocycles. The first-order valence-electron chi connectivity index (χ1n) is 6.97. The van der Waals surface area contributed by atoms with Crippen LogP contribution in [0.25, 0.3) is 0 Å². The third kappa shape index (κ3) is 3.68. The van der Waals surface area contributed by atoms with Gasteiger partial charge in [0.15, 0.2) is 0 Å². The second kappa shape index (κ2) is 6.36. The Kier molecular flexibility index (Phi) is 4.80. The summed E-state index contributed by atoms with van der Waals surface area (Å²) in [6.45, 7) is 2.48. The van der Waals surface area contributed by atoms with Crippen LogP contribution in [0.4, 0.5) is 0 Å². The molecule has 1 unspecified atom stereocenters. The van der Waals surface area contributed by atoms with Crippen molar-refractivity contribution in [3.05, 3.63) is 0 Å². The molecule has 1 amide bonds. The maximum atomic E-state index is 11.7. The molecular weight excluding hydrogens is 214 g/mol. The van der Waals surface area contributed by atoms with Gasteiger partial charge >= 0.3 is 0 Å². The van der Waals surface area contributed by atoms with Crippen LogP contribution in [-0.2, 0) is 4.79 Å². The molecule has 17 heavy (non-hydrogen) atoms. The van der Waals surface area contributed by atoms with Gasteiger partial charge in [-0.15, -0.1) is 0 Å². The third-order valence-electron chi connectivity index (χ3n) is 3.96. The summed E-state index contributed by atoms with van der Waals surface area (Å²) in [5, 5.41) is 6.21. The van der Waals surface area contributed by atoms with Crippen molar-refractivity contribution < 1.29 is 4.79 Å².